The predicted octanol–water partition coefficient (Wildman–Crippen LogP) is 2.96. The molecular formula is C22H27N3O5S. The van der Waals surface area contributed by atoms with Gasteiger partial charge in [-0.25, -0.2) is 12.4 Å². The van der Waals surface area contributed by atoms with Crippen LogP contribution in [0.1, 0.15) is 36.2 Å². The van der Waals surface area contributed by atoms with Gasteiger partial charge in [0.15, 0.2) is 0 Å². The number of esters is 1. The van der Waals surface area contributed by atoms with Crippen molar-refractivity contribution in [2.75, 3.05) is 13.7 Å². The van der Waals surface area contributed by atoms with Gasteiger partial charge in [0, 0.05) is 25.1 Å². The summed E-state index contributed by atoms with van der Waals surface area (Å²) < 4.78 is 33.0. The molecule has 1 aromatic heterocycles. The number of nitrogens with zero attached hydrogens (tertiary/aromatic N) is 2. The molecule has 0 aliphatic heterocycles. The van der Waals surface area contributed by atoms with Crippen LogP contribution in [-0.2, 0) is 26.0 Å². The van der Waals surface area contributed by atoms with E-state index in [1.807, 2.05) is 6.92 Å². The second-order valence-electron chi connectivity index (χ2n) is 7.33. The summed E-state index contributed by atoms with van der Waals surface area (Å²) in [5.41, 5.74) is 8.72. The van der Waals surface area contributed by atoms with Gasteiger partial charge in [-0.2, -0.15) is 5.06 Å². The highest BCUT2D eigenvalue weighted by molar-refractivity contribution is 7.90. The average molecular weight is 446 g/mol. The summed E-state index contributed by atoms with van der Waals surface area (Å²) in [5, 5.41) is 11.3. The zero-order valence-corrected chi connectivity index (χ0v) is 18.6. The molecule has 1 unspecified atom stereocenters. The topological polar surface area (TPSA) is 115 Å². The Morgan fingerprint density at radius 1 is 1.19 bits per heavy atom. The summed E-state index contributed by atoms with van der Waals surface area (Å²) in [7, 11) is -2.47. The van der Waals surface area contributed by atoms with Crippen LogP contribution < -0.4 is 5.73 Å². The first-order chi connectivity index (χ1) is 14.7. The third kappa shape index (κ3) is 4.64. The number of hydrogen-bond acceptors (Lipinski definition) is 7. The van der Waals surface area contributed by atoms with Crippen LogP contribution in [0.5, 0.6) is 0 Å². The summed E-state index contributed by atoms with van der Waals surface area (Å²) in [5.74, 6) is -0.356. The molecule has 166 valence electrons. The van der Waals surface area contributed by atoms with E-state index in [1.165, 1.54) is 17.2 Å². The molecule has 3 aromatic rings. The Morgan fingerprint density at radius 3 is 2.48 bits per heavy atom. The van der Waals surface area contributed by atoms with E-state index in [4.69, 9.17) is 10.5 Å². The minimum absolute atomic E-state index is 0.115. The van der Waals surface area contributed by atoms with Crippen molar-refractivity contribution in [3.63, 3.8) is 0 Å². The van der Waals surface area contributed by atoms with Crippen molar-refractivity contribution in [2.24, 2.45) is 5.73 Å². The lowest BCUT2D eigenvalue weighted by atomic mass is 10.0. The second-order valence-corrected chi connectivity index (χ2v) is 9.14. The molecule has 0 saturated carbocycles. The molecule has 8 nitrogen and oxygen atoms in total. The van der Waals surface area contributed by atoms with E-state index in [9.17, 15) is 18.4 Å². The quantitative estimate of drug-likeness (QED) is 0.311. The standard InChI is InChI=1S/C22H27N3O5S/c1-4-30-20(26)12-8-16-7-11-19(22(23)24(3)27)18-13-14-25(21(16)18)31(28,29)17-9-5-15(2)6-10-17/h5-7,9-11,13-14,22,27H,4,8,12,23H2,1-3H3. The van der Waals surface area contributed by atoms with Crippen molar-refractivity contribution in [1.29, 1.82) is 0 Å². The van der Waals surface area contributed by atoms with Crippen molar-refractivity contribution in [3.05, 3.63) is 65.4 Å². The van der Waals surface area contributed by atoms with Crippen LogP contribution >= 0.6 is 0 Å². The molecule has 1 heterocycles. The molecule has 2 aromatic carbocycles. The first kappa shape index (κ1) is 23.0. The molecule has 0 fully saturated rings. The zero-order chi connectivity index (χ0) is 22.8. The first-order valence-corrected chi connectivity index (χ1v) is 11.4. The SMILES string of the molecule is CCOC(=O)CCc1ccc(C(N)N(C)O)c2ccn(S(=O)(=O)c3ccc(C)cc3)c12. The van der Waals surface area contributed by atoms with Crippen LogP contribution in [0.3, 0.4) is 0 Å². The number of nitrogens with two attached hydrogens (primary N) is 1. The first-order valence-electron chi connectivity index (χ1n) is 9.94. The molecule has 0 saturated heterocycles. The smallest absolute Gasteiger partial charge is 0.306 e. The molecule has 0 aliphatic rings. The number of hydrogen-bond donors (Lipinski definition) is 2. The number of aromatic nitrogens is 1. The predicted molar refractivity (Wildman–Crippen MR) is 117 cm³/mol. The maximum Gasteiger partial charge on any atom is 0.306 e. The van der Waals surface area contributed by atoms with Crippen LogP contribution in [0.4, 0.5) is 0 Å². The lowest BCUT2D eigenvalue weighted by molar-refractivity contribution is -0.143. The van der Waals surface area contributed by atoms with Gasteiger partial charge in [0.2, 0.25) is 0 Å². The molecule has 3 N–H and O–H groups in total. The molecule has 0 aliphatic carbocycles. The second kappa shape index (κ2) is 9.19. The van der Waals surface area contributed by atoms with Crippen LogP contribution in [0, 0.1) is 6.92 Å². The van der Waals surface area contributed by atoms with Crippen molar-refractivity contribution in [2.45, 2.75) is 37.8 Å². The molecular weight excluding hydrogens is 418 g/mol. The minimum Gasteiger partial charge on any atom is -0.466 e. The van der Waals surface area contributed by atoms with Gasteiger partial charge < -0.3 is 15.7 Å². The number of ether oxygens (including phenoxy) is 1. The van der Waals surface area contributed by atoms with Gasteiger partial charge in [0.25, 0.3) is 10.0 Å². The van der Waals surface area contributed by atoms with E-state index in [2.05, 4.69) is 0 Å². The molecule has 1 atom stereocenters. The molecule has 9 heteroatoms. The highest BCUT2D eigenvalue weighted by Gasteiger charge is 2.24. The lowest BCUT2D eigenvalue weighted by Gasteiger charge is -2.20. The summed E-state index contributed by atoms with van der Waals surface area (Å²) in [6.07, 6.45) is 1.04. The number of benzene rings is 2. The Kier molecular flexibility index (Phi) is 6.80. The number of carbonyl (C=O) groups is 1. The third-order valence-corrected chi connectivity index (χ3v) is 6.82. The minimum atomic E-state index is -3.89. The number of aryl methyl sites for hydroxylation is 2. The lowest BCUT2D eigenvalue weighted by Crippen LogP contribution is -2.28. The van der Waals surface area contributed by atoms with Gasteiger partial charge in [0.1, 0.15) is 6.17 Å². The van der Waals surface area contributed by atoms with Gasteiger partial charge in [-0.15, -0.1) is 0 Å². The summed E-state index contributed by atoms with van der Waals surface area (Å²) >= 11 is 0. The van der Waals surface area contributed by atoms with Gasteiger partial charge in [0.05, 0.1) is 17.0 Å². The number of carbonyl (C=O) groups excluding carboxylic acids is 1. The molecule has 3 rings (SSSR count). The highest BCUT2D eigenvalue weighted by Crippen LogP contribution is 2.31. The summed E-state index contributed by atoms with van der Waals surface area (Å²) in [6, 6.07) is 11.7. The maximum atomic E-state index is 13.4. The molecule has 0 radical (unpaired) electrons. The largest absolute Gasteiger partial charge is 0.466 e. The third-order valence-electron chi connectivity index (χ3n) is 5.13. The molecule has 0 spiro atoms. The van der Waals surface area contributed by atoms with Crippen molar-refractivity contribution in [3.8, 4) is 0 Å². The maximum absolute atomic E-state index is 13.4. The van der Waals surface area contributed by atoms with E-state index in [0.717, 1.165) is 10.6 Å². The number of fused-ring (bicyclic) bond motifs is 1. The molecule has 0 bridgehead atoms. The molecule has 0 amide bonds. The van der Waals surface area contributed by atoms with Crippen molar-refractivity contribution >= 4 is 26.9 Å². The fraction of sp³-hybridized carbons (Fsp3) is 0.318. The van der Waals surface area contributed by atoms with E-state index in [0.29, 0.717) is 28.5 Å². The van der Waals surface area contributed by atoms with Crippen molar-refractivity contribution < 1.29 is 23.2 Å². The van der Waals surface area contributed by atoms with Gasteiger partial charge in [-0.1, -0.05) is 29.8 Å². The number of rotatable bonds is 8. The van der Waals surface area contributed by atoms with E-state index in [-0.39, 0.29) is 23.9 Å². The van der Waals surface area contributed by atoms with Crippen LogP contribution in [0.2, 0.25) is 0 Å². The van der Waals surface area contributed by atoms with Crippen molar-refractivity contribution in [1.82, 2.24) is 9.04 Å². The van der Waals surface area contributed by atoms with Gasteiger partial charge in [-0.3, -0.25) is 4.79 Å². The Morgan fingerprint density at radius 2 is 1.87 bits per heavy atom. The van der Waals surface area contributed by atoms with Crippen LogP contribution in [0.15, 0.2) is 53.6 Å². The van der Waals surface area contributed by atoms with Crippen LogP contribution in [0.25, 0.3) is 10.9 Å². The zero-order valence-electron chi connectivity index (χ0n) is 17.8. The van der Waals surface area contributed by atoms with E-state index >= 15 is 0 Å². The van der Waals surface area contributed by atoms with Crippen LogP contribution in [-0.4, -0.2) is 42.3 Å². The fourth-order valence-corrected chi connectivity index (χ4v) is 4.86. The summed E-state index contributed by atoms with van der Waals surface area (Å²) in [6.45, 7) is 3.90. The van der Waals surface area contributed by atoms with Gasteiger partial charge in [-0.05, 0) is 49.6 Å². The Hall–Kier alpha value is -2.72. The average Bonchev–Trinajstić information content (AvgIpc) is 3.18. The van der Waals surface area contributed by atoms with E-state index in [1.54, 1.807) is 49.4 Å². The monoisotopic (exact) mass is 445 g/mol. The highest BCUT2D eigenvalue weighted by atomic mass is 32.2. The Bertz CT molecular complexity index is 1180. The number of hydroxylamine groups is 2. The summed E-state index contributed by atoms with van der Waals surface area (Å²) in [4.78, 5) is 12.0. The molecule has 31 heavy (non-hydrogen) atoms. The Balaban J connectivity index is 2.18. The fourth-order valence-electron chi connectivity index (χ4n) is 3.48. The van der Waals surface area contributed by atoms with E-state index < -0.39 is 16.2 Å². The Labute approximate surface area is 181 Å². The van der Waals surface area contributed by atoms with Gasteiger partial charge >= 0.3 is 5.97 Å². The normalized spacial score (nSPS) is 13.0.